The van der Waals surface area contributed by atoms with E-state index in [9.17, 15) is 4.39 Å². The van der Waals surface area contributed by atoms with Gasteiger partial charge in [0.15, 0.2) is 5.82 Å². The van der Waals surface area contributed by atoms with Gasteiger partial charge in [0.25, 0.3) is 0 Å². The van der Waals surface area contributed by atoms with Crippen LogP contribution in [0, 0.1) is 5.82 Å². The van der Waals surface area contributed by atoms with Crippen molar-refractivity contribution in [2.24, 2.45) is 0 Å². The highest BCUT2D eigenvalue weighted by Gasteiger charge is 2.18. The van der Waals surface area contributed by atoms with Crippen molar-refractivity contribution in [3.8, 4) is 11.4 Å². The van der Waals surface area contributed by atoms with Crippen molar-refractivity contribution >= 4 is 11.0 Å². The lowest BCUT2D eigenvalue weighted by Crippen LogP contribution is -2.00. The lowest BCUT2D eigenvalue weighted by molar-refractivity contribution is 0.630. The van der Waals surface area contributed by atoms with Crippen molar-refractivity contribution in [1.29, 1.82) is 0 Å². The third-order valence-corrected chi connectivity index (χ3v) is 3.94. The molecule has 0 saturated carbocycles. The van der Waals surface area contributed by atoms with Crippen LogP contribution >= 0.6 is 0 Å². The summed E-state index contributed by atoms with van der Waals surface area (Å²) in [7, 11) is 0. The Balaban J connectivity index is 1.92. The smallest absolute Gasteiger partial charge is 0.162 e. The maximum atomic E-state index is 13.9. The molecule has 1 aromatic carbocycles. The Labute approximate surface area is 115 Å². The first kappa shape index (κ1) is 11.6. The molecule has 0 amide bonds. The Morgan fingerprint density at radius 1 is 1.10 bits per heavy atom. The molecule has 0 saturated heterocycles. The molecule has 100 valence electrons. The van der Waals surface area contributed by atoms with Crippen molar-refractivity contribution < 1.29 is 4.39 Å². The third kappa shape index (κ3) is 1.72. The highest BCUT2D eigenvalue weighted by molar-refractivity contribution is 5.82. The second-order valence-electron chi connectivity index (χ2n) is 5.22. The number of nitrogens with zero attached hydrogens (tertiary/aromatic N) is 2. The number of benzene rings is 1. The van der Waals surface area contributed by atoms with Gasteiger partial charge in [0.1, 0.15) is 5.82 Å². The van der Waals surface area contributed by atoms with Crippen LogP contribution in [-0.4, -0.2) is 15.0 Å². The quantitative estimate of drug-likeness (QED) is 0.731. The van der Waals surface area contributed by atoms with Crippen LogP contribution in [0.15, 0.2) is 30.5 Å². The summed E-state index contributed by atoms with van der Waals surface area (Å²) >= 11 is 0. The van der Waals surface area contributed by atoms with E-state index in [1.807, 2.05) is 0 Å². The number of aryl methyl sites for hydroxylation is 2. The van der Waals surface area contributed by atoms with Gasteiger partial charge in [-0.25, -0.2) is 14.4 Å². The van der Waals surface area contributed by atoms with Gasteiger partial charge in [-0.3, -0.25) is 0 Å². The zero-order valence-electron chi connectivity index (χ0n) is 11.0. The number of nitrogens with one attached hydrogen (secondary N) is 1. The molecule has 4 heteroatoms. The summed E-state index contributed by atoms with van der Waals surface area (Å²) in [6, 6.07) is 6.64. The zero-order chi connectivity index (χ0) is 13.5. The fourth-order valence-corrected chi connectivity index (χ4v) is 2.94. The van der Waals surface area contributed by atoms with Gasteiger partial charge >= 0.3 is 0 Å². The van der Waals surface area contributed by atoms with Crippen molar-refractivity contribution in [3.05, 3.63) is 47.5 Å². The van der Waals surface area contributed by atoms with Gasteiger partial charge in [-0.05, 0) is 43.4 Å². The van der Waals surface area contributed by atoms with Crippen LogP contribution in [0.1, 0.15) is 24.1 Å². The van der Waals surface area contributed by atoms with Crippen molar-refractivity contribution in [1.82, 2.24) is 15.0 Å². The molecule has 20 heavy (non-hydrogen) atoms. The van der Waals surface area contributed by atoms with Gasteiger partial charge in [0.2, 0.25) is 0 Å². The minimum atomic E-state index is -0.281. The lowest BCUT2D eigenvalue weighted by Gasteiger charge is -2.10. The maximum absolute atomic E-state index is 13.9. The second kappa shape index (κ2) is 4.40. The van der Waals surface area contributed by atoms with E-state index in [1.165, 1.54) is 30.2 Å². The van der Waals surface area contributed by atoms with Crippen molar-refractivity contribution in [2.75, 3.05) is 0 Å². The minimum Gasteiger partial charge on any atom is -0.356 e. The van der Waals surface area contributed by atoms with E-state index in [0.717, 1.165) is 23.9 Å². The topological polar surface area (TPSA) is 41.6 Å². The average Bonchev–Trinajstić information content (AvgIpc) is 2.85. The first-order chi connectivity index (χ1) is 9.83. The first-order valence-electron chi connectivity index (χ1n) is 6.94. The molecule has 1 aliphatic carbocycles. The van der Waals surface area contributed by atoms with E-state index in [0.29, 0.717) is 11.4 Å². The third-order valence-electron chi connectivity index (χ3n) is 3.94. The molecular weight excluding hydrogens is 253 g/mol. The number of fused-ring (bicyclic) bond motifs is 3. The number of H-pyrrole nitrogens is 1. The fraction of sp³-hybridized carbons (Fsp3) is 0.250. The highest BCUT2D eigenvalue weighted by Crippen LogP contribution is 2.29. The Kier molecular flexibility index (Phi) is 2.55. The zero-order valence-corrected chi connectivity index (χ0v) is 11.0. The Hall–Kier alpha value is -2.23. The molecule has 2 aromatic heterocycles. The molecule has 1 N–H and O–H groups in total. The standard InChI is InChI=1S/C16H14FN3/c17-12-7-3-1-5-10(12)16-18-9-14-15(20-16)11-6-2-4-8-13(11)19-14/h1,3,5,7,9,19H,2,4,6,8H2. The molecule has 1 aliphatic rings. The minimum absolute atomic E-state index is 0.281. The van der Waals surface area contributed by atoms with Gasteiger partial charge < -0.3 is 4.98 Å². The van der Waals surface area contributed by atoms with Crippen LogP contribution in [-0.2, 0) is 12.8 Å². The number of aromatic nitrogens is 3. The molecule has 0 fully saturated rings. The predicted octanol–water partition coefficient (Wildman–Crippen LogP) is 3.64. The summed E-state index contributed by atoms with van der Waals surface area (Å²) in [6.45, 7) is 0. The normalized spacial score (nSPS) is 14.4. The molecule has 0 unspecified atom stereocenters. The van der Waals surface area contributed by atoms with Gasteiger partial charge in [-0.1, -0.05) is 12.1 Å². The monoisotopic (exact) mass is 267 g/mol. The van der Waals surface area contributed by atoms with Crippen LogP contribution in [0.2, 0.25) is 0 Å². The predicted molar refractivity (Wildman–Crippen MR) is 75.9 cm³/mol. The molecule has 3 aromatic rings. The van der Waals surface area contributed by atoms with Crippen molar-refractivity contribution in [3.63, 3.8) is 0 Å². The second-order valence-corrected chi connectivity index (χ2v) is 5.22. The van der Waals surface area contributed by atoms with E-state index in [4.69, 9.17) is 0 Å². The van der Waals surface area contributed by atoms with Crippen LogP contribution in [0.3, 0.4) is 0 Å². The summed E-state index contributed by atoms with van der Waals surface area (Å²) in [6.07, 6.45) is 6.29. The average molecular weight is 267 g/mol. The SMILES string of the molecule is Fc1ccccc1-c1ncc2[nH]c3c(c2n1)CCCC3. The van der Waals surface area contributed by atoms with E-state index in [-0.39, 0.29) is 5.82 Å². The molecular formula is C16H14FN3. The van der Waals surface area contributed by atoms with Crippen LogP contribution in [0.5, 0.6) is 0 Å². The van der Waals surface area contributed by atoms with Crippen LogP contribution < -0.4 is 0 Å². The summed E-state index contributed by atoms with van der Waals surface area (Å²) in [5.41, 5.74) is 4.92. The Bertz CT molecular complexity index is 792. The van der Waals surface area contributed by atoms with E-state index in [1.54, 1.807) is 24.4 Å². The molecule has 3 nitrogen and oxygen atoms in total. The largest absolute Gasteiger partial charge is 0.356 e. The van der Waals surface area contributed by atoms with Crippen molar-refractivity contribution in [2.45, 2.75) is 25.7 Å². The van der Waals surface area contributed by atoms with Crippen LogP contribution in [0.4, 0.5) is 4.39 Å². The van der Waals surface area contributed by atoms with Crippen LogP contribution in [0.25, 0.3) is 22.4 Å². The van der Waals surface area contributed by atoms with Gasteiger partial charge in [0, 0.05) is 5.69 Å². The molecule has 0 aliphatic heterocycles. The number of hydrogen-bond donors (Lipinski definition) is 1. The number of hydrogen-bond acceptors (Lipinski definition) is 2. The Morgan fingerprint density at radius 2 is 1.95 bits per heavy atom. The molecule has 4 rings (SSSR count). The first-order valence-corrected chi connectivity index (χ1v) is 6.94. The van der Waals surface area contributed by atoms with E-state index < -0.39 is 0 Å². The molecule has 0 bridgehead atoms. The molecule has 0 radical (unpaired) electrons. The van der Waals surface area contributed by atoms with E-state index in [2.05, 4.69) is 15.0 Å². The maximum Gasteiger partial charge on any atom is 0.162 e. The Morgan fingerprint density at radius 3 is 2.85 bits per heavy atom. The summed E-state index contributed by atoms with van der Waals surface area (Å²) < 4.78 is 13.9. The van der Waals surface area contributed by atoms with Gasteiger partial charge in [0.05, 0.1) is 22.8 Å². The summed E-state index contributed by atoms with van der Waals surface area (Å²) in [5.74, 6) is 0.180. The number of halogens is 1. The fourth-order valence-electron chi connectivity index (χ4n) is 2.94. The highest BCUT2D eigenvalue weighted by atomic mass is 19.1. The number of aromatic amines is 1. The number of rotatable bonds is 1. The molecule has 0 atom stereocenters. The van der Waals surface area contributed by atoms with Gasteiger partial charge in [-0.15, -0.1) is 0 Å². The lowest BCUT2D eigenvalue weighted by atomic mass is 9.97. The van der Waals surface area contributed by atoms with E-state index >= 15 is 0 Å². The summed E-state index contributed by atoms with van der Waals surface area (Å²) in [4.78, 5) is 12.3. The van der Waals surface area contributed by atoms with Gasteiger partial charge in [-0.2, -0.15) is 0 Å². The molecule has 0 spiro atoms. The molecule has 2 heterocycles. The summed E-state index contributed by atoms with van der Waals surface area (Å²) in [5, 5.41) is 0.